The van der Waals surface area contributed by atoms with Gasteiger partial charge in [0.1, 0.15) is 6.54 Å². The fraction of sp³-hybridized carbons (Fsp3) is 0.261. The first kappa shape index (κ1) is 22.2. The first-order chi connectivity index (χ1) is 15.7. The number of hydrazone groups is 1. The van der Waals surface area contributed by atoms with Crippen molar-refractivity contribution < 1.29 is 19.6 Å². The second-order valence-electron chi connectivity index (χ2n) is 8.00. The van der Waals surface area contributed by atoms with Gasteiger partial charge in [-0.2, -0.15) is 10.1 Å². The molecule has 4 rings (SSSR count). The Hall–Kier alpha value is -4.05. The average molecular weight is 449 g/mol. The van der Waals surface area contributed by atoms with Crippen molar-refractivity contribution >= 4 is 35.0 Å². The van der Waals surface area contributed by atoms with Crippen LogP contribution in [0.5, 0.6) is 0 Å². The van der Waals surface area contributed by atoms with E-state index >= 15 is 0 Å². The molecule has 10 heteroatoms. The quantitative estimate of drug-likeness (QED) is 0.423. The van der Waals surface area contributed by atoms with Gasteiger partial charge in [-0.1, -0.05) is 18.2 Å². The number of hydrogen-bond acceptors (Lipinski definition) is 7. The normalized spacial score (nSPS) is 20.3. The number of amides is 1. The molecule has 2 aliphatic heterocycles. The third kappa shape index (κ3) is 4.46. The highest BCUT2D eigenvalue weighted by molar-refractivity contribution is 6.32. The lowest BCUT2D eigenvalue weighted by atomic mass is 10.1. The lowest BCUT2D eigenvalue weighted by Crippen LogP contribution is -2.54. The number of likely N-dealkylation sites (N-methyl/N-ethyl adjacent to an activating group) is 1. The molecule has 1 amide bonds. The van der Waals surface area contributed by atoms with Crippen molar-refractivity contribution in [3.05, 3.63) is 75.3 Å². The summed E-state index contributed by atoms with van der Waals surface area (Å²) in [5.74, 6) is -1.42. The largest absolute Gasteiger partial charge is 0.478 e. The molecule has 0 aliphatic carbocycles. The number of anilines is 2. The molecule has 1 fully saturated rings. The summed E-state index contributed by atoms with van der Waals surface area (Å²) in [6, 6.07) is 13.5. The number of piperazine rings is 1. The van der Waals surface area contributed by atoms with Gasteiger partial charge < -0.3 is 10.0 Å². The molecule has 0 bridgehead atoms. The highest BCUT2D eigenvalue weighted by Crippen LogP contribution is 2.27. The molecule has 1 unspecified atom stereocenters. The van der Waals surface area contributed by atoms with Crippen molar-refractivity contribution in [2.45, 2.75) is 13.1 Å². The summed E-state index contributed by atoms with van der Waals surface area (Å²) < 4.78 is 0. The Morgan fingerprint density at radius 2 is 1.91 bits per heavy atom. The number of hydrogen-bond donors (Lipinski definition) is 1. The van der Waals surface area contributed by atoms with Gasteiger partial charge in [0.05, 0.1) is 22.5 Å². The third-order valence-electron chi connectivity index (χ3n) is 5.83. The van der Waals surface area contributed by atoms with E-state index in [1.807, 2.05) is 29.2 Å². The molecule has 1 atom stereocenters. The number of nitro groups is 1. The van der Waals surface area contributed by atoms with Gasteiger partial charge in [0.2, 0.25) is 0 Å². The highest BCUT2D eigenvalue weighted by atomic mass is 16.6. The molecule has 33 heavy (non-hydrogen) atoms. The van der Waals surface area contributed by atoms with Gasteiger partial charge in [0, 0.05) is 23.7 Å². The number of carbonyl (C=O) groups excluding carboxylic acids is 1. The first-order valence-electron chi connectivity index (χ1n) is 10.4. The highest BCUT2D eigenvalue weighted by Gasteiger charge is 2.33. The van der Waals surface area contributed by atoms with E-state index in [1.54, 1.807) is 37.1 Å². The number of nitrogens with zero attached hydrogens (tertiary/aromatic N) is 5. The number of carbonyl (C=O) groups is 2. The van der Waals surface area contributed by atoms with Crippen LogP contribution in [0.3, 0.4) is 0 Å². The van der Waals surface area contributed by atoms with Crippen molar-refractivity contribution in [1.29, 1.82) is 0 Å². The summed E-state index contributed by atoms with van der Waals surface area (Å²) in [5.41, 5.74) is 3.07. The Morgan fingerprint density at radius 1 is 1.18 bits per heavy atom. The molecule has 2 aromatic rings. The number of rotatable bonds is 5. The average Bonchev–Trinajstić information content (AvgIpc) is 3.08. The van der Waals surface area contributed by atoms with Crippen LogP contribution >= 0.6 is 0 Å². The van der Waals surface area contributed by atoms with E-state index in [4.69, 9.17) is 0 Å². The van der Waals surface area contributed by atoms with E-state index in [0.29, 0.717) is 36.6 Å². The van der Waals surface area contributed by atoms with Crippen LogP contribution in [-0.4, -0.2) is 65.4 Å². The standard InChI is InChI=1S/C23H23N5O5/c1-15-20(22(29)27(24-15)19-5-3-4-17(13-19)23(30)31)12-16-6-8-18(9-7-16)26-11-10-25(2)21(14-26)28(32)33/h3-9,12-13,21H,10-11,14H2,1-2H3,(H,30,31)/b20-12-. The molecule has 2 heterocycles. The molecule has 1 saturated heterocycles. The van der Waals surface area contributed by atoms with Crippen molar-refractivity contribution in [2.24, 2.45) is 5.10 Å². The maximum absolute atomic E-state index is 13.0. The van der Waals surface area contributed by atoms with Gasteiger partial charge in [0.25, 0.3) is 12.1 Å². The number of benzene rings is 2. The molecule has 2 aromatic carbocycles. The fourth-order valence-corrected chi connectivity index (χ4v) is 3.90. The summed E-state index contributed by atoms with van der Waals surface area (Å²) in [5, 5.41) is 26.0. The van der Waals surface area contributed by atoms with Crippen molar-refractivity contribution in [1.82, 2.24) is 4.90 Å². The zero-order valence-corrected chi connectivity index (χ0v) is 18.2. The minimum Gasteiger partial charge on any atom is -0.478 e. The number of carboxylic acids is 1. The molecule has 10 nitrogen and oxygen atoms in total. The van der Waals surface area contributed by atoms with Crippen LogP contribution in [0.15, 0.2) is 59.2 Å². The van der Waals surface area contributed by atoms with Gasteiger partial charge in [-0.15, -0.1) is 0 Å². The van der Waals surface area contributed by atoms with Gasteiger partial charge in [-0.3, -0.25) is 14.9 Å². The van der Waals surface area contributed by atoms with Gasteiger partial charge in [0.15, 0.2) is 0 Å². The Kier molecular flexibility index (Phi) is 5.93. The molecule has 0 spiro atoms. The van der Waals surface area contributed by atoms with E-state index in [9.17, 15) is 24.8 Å². The van der Waals surface area contributed by atoms with Crippen molar-refractivity contribution in [2.75, 3.05) is 36.6 Å². The molecule has 2 aliphatic rings. The molecular weight excluding hydrogens is 426 g/mol. The van der Waals surface area contributed by atoms with Crippen LogP contribution < -0.4 is 9.91 Å². The Balaban J connectivity index is 1.52. The van der Waals surface area contributed by atoms with E-state index in [1.165, 1.54) is 17.1 Å². The SMILES string of the molecule is CC1=NN(c2cccc(C(=O)O)c2)C(=O)/C1=C\c1ccc(N2CCN(C)C([N+](=O)[O-])C2)cc1. The van der Waals surface area contributed by atoms with Gasteiger partial charge >= 0.3 is 5.97 Å². The number of carboxylic acid groups (broad SMARTS) is 1. The van der Waals surface area contributed by atoms with Crippen LogP contribution in [0.2, 0.25) is 0 Å². The van der Waals surface area contributed by atoms with Crippen molar-refractivity contribution in [3.63, 3.8) is 0 Å². The smallest absolute Gasteiger partial charge is 0.335 e. The lowest BCUT2D eigenvalue weighted by Gasteiger charge is -2.35. The minimum absolute atomic E-state index is 0.0735. The summed E-state index contributed by atoms with van der Waals surface area (Å²) in [7, 11) is 1.75. The van der Waals surface area contributed by atoms with Crippen molar-refractivity contribution in [3.8, 4) is 0 Å². The Labute approximate surface area is 190 Å². The third-order valence-corrected chi connectivity index (χ3v) is 5.83. The summed E-state index contributed by atoms with van der Waals surface area (Å²) in [6.07, 6.45) is 0.983. The molecule has 0 aromatic heterocycles. The maximum Gasteiger partial charge on any atom is 0.335 e. The molecule has 1 N–H and O–H groups in total. The first-order valence-corrected chi connectivity index (χ1v) is 10.4. The monoisotopic (exact) mass is 449 g/mol. The summed E-state index contributed by atoms with van der Waals surface area (Å²) in [4.78, 5) is 38.9. The van der Waals surface area contributed by atoms with E-state index in [-0.39, 0.29) is 16.4 Å². The maximum atomic E-state index is 13.0. The number of aromatic carboxylic acids is 1. The van der Waals surface area contributed by atoms with Gasteiger partial charge in [-0.25, -0.2) is 9.69 Å². The van der Waals surface area contributed by atoms with E-state index in [2.05, 4.69) is 5.10 Å². The topological polar surface area (TPSA) is 120 Å². The summed E-state index contributed by atoms with van der Waals surface area (Å²) in [6.45, 7) is 3.32. The Bertz CT molecular complexity index is 1170. The molecule has 0 saturated carbocycles. The molecule has 0 radical (unpaired) electrons. The predicted octanol–water partition coefficient (Wildman–Crippen LogP) is 2.55. The predicted molar refractivity (Wildman–Crippen MR) is 124 cm³/mol. The Morgan fingerprint density at radius 3 is 2.58 bits per heavy atom. The second-order valence-corrected chi connectivity index (χ2v) is 8.00. The zero-order valence-electron chi connectivity index (χ0n) is 18.2. The van der Waals surface area contributed by atoms with E-state index < -0.39 is 12.1 Å². The van der Waals surface area contributed by atoms with Crippen LogP contribution in [0, 0.1) is 10.1 Å². The van der Waals surface area contributed by atoms with E-state index in [0.717, 1.165) is 11.3 Å². The lowest BCUT2D eigenvalue weighted by molar-refractivity contribution is -0.547. The fourth-order valence-electron chi connectivity index (χ4n) is 3.90. The van der Waals surface area contributed by atoms with Crippen LogP contribution in [0.1, 0.15) is 22.8 Å². The minimum atomic E-state index is -1.08. The summed E-state index contributed by atoms with van der Waals surface area (Å²) >= 11 is 0. The van der Waals surface area contributed by atoms with Crippen LogP contribution in [-0.2, 0) is 4.79 Å². The zero-order chi connectivity index (χ0) is 23.7. The van der Waals surface area contributed by atoms with Crippen LogP contribution in [0.4, 0.5) is 11.4 Å². The molecule has 170 valence electrons. The van der Waals surface area contributed by atoms with Crippen LogP contribution in [0.25, 0.3) is 6.08 Å². The second kappa shape index (κ2) is 8.83. The van der Waals surface area contributed by atoms with Gasteiger partial charge in [-0.05, 0) is 55.9 Å². The molecular formula is C23H23N5O5.